The van der Waals surface area contributed by atoms with E-state index in [1.165, 1.54) is 5.56 Å². The monoisotopic (exact) mass is 383 g/mol. The second kappa shape index (κ2) is 7.37. The number of aromatic nitrogens is 5. The lowest BCUT2D eigenvalue weighted by Gasteiger charge is -2.06. The van der Waals surface area contributed by atoms with Crippen LogP contribution in [0.3, 0.4) is 0 Å². The summed E-state index contributed by atoms with van der Waals surface area (Å²) in [6, 6.07) is 16.2. The summed E-state index contributed by atoms with van der Waals surface area (Å²) in [7, 11) is 0. The highest BCUT2D eigenvalue weighted by Gasteiger charge is 2.10. The third kappa shape index (κ3) is 3.43. The second-order valence-electron chi connectivity index (χ2n) is 7.02. The molecule has 0 radical (unpaired) electrons. The number of rotatable bonds is 6. The van der Waals surface area contributed by atoms with Gasteiger partial charge in [-0.05, 0) is 42.0 Å². The van der Waals surface area contributed by atoms with Crippen LogP contribution in [0.15, 0.2) is 67.1 Å². The van der Waals surface area contributed by atoms with Crippen LogP contribution < -0.4 is 11.1 Å². The van der Waals surface area contributed by atoms with Gasteiger partial charge in [-0.15, -0.1) is 0 Å². The number of hydrogen-bond acceptors (Lipinski definition) is 5. The third-order valence-corrected chi connectivity index (χ3v) is 5.04. The number of aromatic amines is 1. The van der Waals surface area contributed by atoms with Gasteiger partial charge in [-0.3, -0.25) is 10.1 Å². The first-order valence-corrected chi connectivity index (χ1v) is 9.58. The summed E-state index contributed by atoms with van der Waals surface area (Å²) >= 11 is 0. The van der Waals surface area contributed by atoms with Gasteiger partial charge in [0.2, 0.25) is 0 Å². The van der Waals surface area contributed by atoms with Crippen molar-refractivity contribution in [1.29, 1.82) is 0 Å². The van der Waals surface area contributed by atoms with Gasteiger partial charge in [-0.25, -0.2) is 4.98 Å². The van der Waals surface area contributed by atoms with E-state index in [0.717, 1.165) is 53.0 Å². The minimum atomic E-state index is 0.527. The summed E-state index contributed by atoms with van der Waals surface area (Å²) in [5.41, 5.74) is 13.3. The summed E-state index contributed by atoms with van der Waals surface area (Å²) in [4.78, 5) is 8.97. The molecule has 0 bridgehead atoms. The highest BCUT2D eigenvalue weighted by atomic mass is 15.1. The van der Waals surface area contributed by atoms with Crippen LogP contribution in [0.5, 0.6) is 0 Å². The number of benzene rings is 1. The van der Waals surface area contributed by atoms with Gasteiger partial charge in [-0.2, -0.15) is 5.10 Å². The number of nitrogen functional groups attached to an aromatic ring is 1. The Labute approximate surface area is 167 Å². The zero-order chi connectivity index (χ0) is 19.6. The quantitative estimate of drug-likeness (QED) is 0.391. The molecule has 0 amide bonds. The Kier molecular flexibility index (Phi) is 4.42. The summed E-state index contributed by atoms with van der Waals surface area (Å²) in [6.45, 7) is 1.63. The Morgan fingerprint density at radius 1 is 1.03 bits per heavy atom. The molecule has 0 unspecified atom stereocenters. The summed E-state index contributed by atoms with van der Waals surface area (Å²) in [5.74, 6) is 0.527. The van der Waals surface area contributed by atoms with Crippen LogP contribution in [0.2, 0.25) is 0 Å². The zero-order valence-electron chi connectivity index (χ0n) is 15.8. The van der Waals surface area contributed by atoms with Crippen molar-refractivity contribution in [2.24, 2.45) is 0 Å². The molecule has 4 N–H and O–H groups in total. The molecule has 5 aromatic rings. The van der Waals surface area contributed by atoms with Gasteiger partial charge in [0.1, 0.15) is 5.82 Å². The normalized spacial score (nSPS) is 11.4. The van der Waals surface area contributed by atoms with Crippen molar-refractivity contribution >= 4 is 22.4 Å². The van der Waals surface area contributed by atoms with E-state index in [1.807, 2.05) is 36.5 Å². The van der Waals surface area contributed by atoms with E-state index < -0.39 is 0 Å². The second-order valence-corrected chi connectivity index (χ2v) is 7.02. The molecule has 7 heteroatoms. The van der Waals surface area contributed by atoms with Gasteiger partial charge < -0.3 is 15.5 Å². The molecule has 0 aliphatic heterocycles. The Morgan fingerprint density at radius 2 is 2.00 bits per heavy atom. The van der Waals surface area contributed by atoms with E-state index in [9.17, 15) is 0 Å². The third-order valence-electron chi connectivity index (χ3n) is 5.04. The zero-order valence-corrected chi connectivity index (χ0v) is 15.8. The summed E-state index contributed by atoms with van der Waals surface area (Å²) in [5, 5.41) is 10.5. The smallest absolute Gasteiger partial charge is 0.148 e. The first-order valence-electron chi connectivity index (χ1n) is 9.58. The van der Waals surface area contributed by atoms with Gasteiger partial charge in [-0.1, -0.05) is 12.1 Å². The lowest BCUT2D eigenvalue weighted by atomic mass is 10.1. The number of nitrogens with two attached hydrogens (primary N) is 1. The number of H-pyrrole nitrogens is 1. The number of nitrogens with one attached hydrogen (secondary N) is 2. The predicted molar refractivity (Wildman–Crippen MR) is 114 cm³/mol. The average Bonchev–Trinajstić information content (AvgIpc) is 3.42. The van der Waals surface area contributed by atoms with Gasteiger partial charge in [0.15, 0.2) is 0 Å². The number of fused-ring (bicyclic) bond motifs is 3. The molecule has 0 atom stereocenters. The number of nitrogens with zero attached hydrogens (tertiary/aromatic N) is 4. The predicted octanol–water partition coefficient (Wildman–Crippen LogP) is 3.19. The van der Waals surface area contributed by atoms with E-state index >= 15 is 0 Å². The van der Waals surface area contributed by atoms with Crippen LogP contribution >= 0.6 is 0 Å². The molecule has 4 aromatic heterocycles. The van der Waals surface area contributed by atoms with Gasteiger partial charge in [0.25, 0.3) is 0 Å². The molecular weight excluding hydrogens is 362 g/mol. The molecule has 144 valence electrons. The first-order chi connectivity index (χ1) is 14.3. The molecule has 5 rings (SSSR count). The van der Waals surface area contributed by atoms with E-state index in [2.05, 4.69) is 54.3 Å². The van der Waals surface area contributed by atoms with Crippen LogP contribution in [-0.2, 0) is 13.0 Å². The Bertz CT molecular complexity index is 1260. The van der Waals surface area contributed by atoms with Crippen LogP contribution in [-0.4, -0.2) is 31.1 Å². The molecule has 0 saturated carbocycles. The maximum atomic E-state index is 6.25. The van der Waals surface area contributed by atoms with Crippen molar-refractivity contribution in [3.63, 3.8) is 0 Å². The van der Waals surface area contributed by atoms with Crippen molar-refractivity contribution in [3.05, 3.63) is 78.4 Å². The Hall–Kier alpha value is -3.71. The fourth-order valence-corrected chi connectivity index (χ4v) is 3.59. The molecule has 7 nitrogen and oxygen atoms in total. The van der Waals surface area contributed by atoms with Crippen molar-refractivity contribution in [3.8, 4) is 11.3 Å². The van der Waals surface area contributed by atoms with E-state index in [1.54, 1.807) is 6.20 Å². The largest absolute Gasteiger partial charge is 0.382 e. The van der Waals surface area contributed by atoms with Crippen molar-refractivity contribution in [1.82, 2.24) is 29.9 Å². The maximum absolute atomic E-state index is 6.25. The Morgan fingerprint density at radius 3 is 2.83 bits per heavy atom. The molecule has 4 heterocycles. The number of pyridine rings is 1. The SMILES string of the molecule is Nc1nc2cc(-c3ccn[nH]3)ccc2n2cc(CNCCc3ccccn3)cc12. The van der Waals surface area contributed by atoms with Crippen LogP contribution in [0.4, 0.5) is 5.82 Å². The molecule has 0 aliphatic rings. The highest BCUT2D eigenvalue weighted by molar-refractivity contribution is 5.87. The molecule has 29 heavy (non-hydrogen) atoms. The molecule has 0 aliphatic carbocycles. The average molecular weight is 383 g/mol. The molecular formula is C22H21N7. The lowest BCUT2D eigenvalue weighted by molar-refractivity contribution is 0.680. The summed E-state index contributed by atoms with van der Waals surface area (Å²) in [6.07, 6.45) is 6.59. The lowest BCUT2D eigenvalue weighted by Crippen LogP contribution is -2.16. The topological polar surface area (TPSA) is 96.9 Å². The fraction of sp³-hybridized carbons (Fsp3) is 0.136. The van der Waals surface area contributed by atoms with E-state index in [4.69, 9.17) is 5.73 Å². The van der Waals surface area contributed by atoms with Crippen LogP contribution in [0.1, 0.15) is 11.3 Å². The van der Waals surface area contributed by atoms with Gasteiger partial charge in [0.05, 0.1) is 22.2 Å². The van der Waals surface area contributed by atoms with Crippen molar-refractivity contribution in [2.45, 2.75) is 13.0 Å². The van der Waals surface area contributed by atoms with Crippen molar-refractivity contribution in [2.75, 3.05) is 12.3 Å². The van der Waals surface area contributed by atoms with Crippen molar-refractivity contribution < 1.29 is 0 Å². The maximum Gasteiger partial charge on any atom is 0.148 e. The molecule has 0 saturated heterocycles. The van der Waals surface area contributed by atoms with Gasteiger partial charge in [0, 0.05) is 49.4 Å². The van der Waals surface area contributed by atoms with Crippen LogP contribution in [0.25, 0.3) is 27.8 Å². The van der Waals surface area contributed by atoms with E-state index in [-0.39, 0.29) is 0 Å². The molecule has 0 spiro atoms. The number of hydrogen-bond donors (Lipinski definition) is 3. The van der Waals surface area contributed by atoms with Crippen LogP contribution in [0, 0.1) is 0 Å². The Balaban J connectivity index is 1.38. The van der Waals surface area contributed by atoms with Gasteiger partial charge >= 0.3 is 0 Å². The molecule has 0 fully saturated rings. The standard InChI is InChI=1S/C22H21N7/c23-22-21-11-15(13-24-9-6-17-3-1-2-8-25-17)14-29(21)20-5-4-16(12-19(20)27-22)18-7-10-26-28-18/h1-5,7-8,10-12,14,24H,6,9,13H2,(H2,23,27)(H,26,28). The molecule has 1 aromatic carbocycles. The minimum Gasteiger partial charge on any atom is -0.382 e. The van der Waals surface area contributed by atoms with E-state index in [0.29, 0.717) is 5.82 Å². The first kappa shape index (κ1) is 17.4. The minimum absolute atomic E-state index is 0.527. The fourth-order valence-electron chi connectivity index (χ4n) is 3.59. The highest BCUT2D eigenvalue weighted by Crippen LogP contribution is 2.26. The number of anilines is 1. The summed E-state index contributed by atoms with van der Waals surface area (Å²) < 4.78 is 2.12.